The van der Waals surface area contributed by atoms with Crippen LogP contribution in [0.25, 0.3) is 10.1 Å². The molecule has 1 aliphatic heterocycles. The number of halogens is 1. The van der Waals surface area contributed by atoms with Gasteiger partial charge in [-0.3, -0.25) is 4.79 Å². The van der Waals surface area contributed by atoms with Gasteiger partial charge in [0.2, 0.25) is 5.91 Å². The topological polar surface area (TPSA) is 45.2 Å². The Morgan fingerprint density at radius 2 is 2.22 bits per heavy atom. The number of carbonyl (C=O) groups is 1. The summed E-state index contributed by atoms with van der Waals surface area (Å²) in [5.74, 6) is 1.14. The van der Waals surface area contributed by atoms with E-state index in [1.165, 1.54) is 15.0 Å². The number of anilines is 1. The lowest BCUT2D eigenvalue weighted by atomic mass is 9.96. The summed E-state index contributed by atoms with van der Waals surface area (Å²) in [7, 11) is 0. The molecule has 3 heterocycles. The third-order valence-electron chi connectivity index (χ3n) is 5.05. The molecule has 3 aromatic rings. The Kier molecular flexibility index (Phi) is 5.45. The van der Waals surface area contributed by atoms with Crippen LogP contribution in [0.15, 0.2) is 47.1 Å². The number of carbonyl (C=O) groups excluding carboxylic acids is 1. The van der Waals surface area contributed by atoms with E-state index in [2.05, 4.69) is 50.2 Å². The summed E-state index contributed by atoms with van der Waals surface area (Å²) in [5.41, 5.74) is 1.10. The Morgan fingerprint density at radius 1 is 1.37 bits per heavy atom. The first kappa shape index (κ1) is 18.4. The van der Waals surface area contributed by atoms with Crippen molar-refractivity contribution in [2.75, 3.05) is 18.0 Å². The normalized spacial score (nSPS) is 17.3. The van der Waals surface area contributed by atoms with Crippen LogP contribution >= 0.6 is 27.3 Å². The first-order chi connectivity index (χ1) is 13.1. The molecule has 1 aliphatic rings. The van der Waals surface area contributed by atoms with E-state index in [1.54, 1.807) is 11.3 Å². The molecular formula is C21H22BrN3OS. The maximum Gasteiger partial charge on any atom is 0.225 e. The number of aryl methyl sites for hydroxylation is 1. The van der Waals surface area contributed by atoms with Gasteiger partial charge >= 0.3 is 0 Å². The van der Waals surface area contributed by atoms with Crippen LogP contribution in [0.3, 0.4) is 0 Å². The Balaban J connectivity index is 1.46. The van der Waals surface area contributed by atoms with Crippen LogP contribution < -0.4 is 10.2 Å². The van der Waals surface area contributed by atoms with Crippen LogP contribution in [0.2, 0.25) is 0 Å². The standard InChI is InChI=1S/C21H22BrN3OS/c1-14-11-17-19(27-14)8-9-23-20(17)25-10-4-6-16(13-25)21(26)24-12-15-5-2-3-7-18(15)22/h2-3,5,7-9,11,16H,4,6,10,12-13H2,1H3,(H,24,26). The minimum atomic E-state index is -0.00183. The predicted octanol–water partition coefficient (Wildman–Crippen LogP) is 4.90. The minimum Gasteiger partial charge on any atom is -0.355 e. The molecule has 1 fully saturated rings. The van der Waals surface area contributed by atoms with Crippen LogP contribution in [0.1, 0.15) is 23.3 Å². The molecule has 0 spiro atoms. The fourth-order valence-electron chi connectivity index (χ4n) is 3.68. The summed E-state index contributed by atoms with van der Waals surface area (Å²) in [4.78, 5) is 21.0. The molecule has 1 unspecified atom stereocenters. The number of rotatable bonds is 4. The van der Waals surface area contributed by atoms with Gasteiger partial charge in [-0.25, -0.2) is 4.98 Å². The molecule has 0 bridgehead atoms. The van der Waals surface area contributed by atoms with Crippen molar-refractivity contribution in [3.05, 3.63) is 57.5 Å². The number of fused-ring (bicyclic) bond motifs is 1. The Labute approximate surface area is 171 Å². The summed E-state index contributed by atoms with van der Waals surface area (Å²) in [6.45, 7) is 4.36. The maximum atomic E-state index is 12.8. The summed E-state index contributed by atoms with van der Waals surface area (Å²) >= 11 is 5.33. The van der Waals surface area contributed by atoms with Gasteiger partial charge in [0.25, 0.3) is 0 Å². The second kappa shape index (κ2) is 7.98. The Hall–Kier alpha value is -1.92. The van der Waals surface area contributed by atoms with Gasteiger partial charge in [-0.05, 0) is 43.5 Å². The van der Waals surface area contributed by atoms with E-state index in [1.807, 2.05) is 30.5 Å². The molecule has 0 saturated carbocycles. The van der Waals surface area contributed by atoms with E-state index < -0.39 is 0 Å². The summed E-state index contributed by atoms with van der Waals surface area (Å²) in [6, 6.07) is 12.3. The quantitative estimate of drug-likeness (QED) is 0.623. The number of hydrogen-bond acceptors (Lipinski definition) is 4. The highest BCUT2D eigenvalue weighted by molar-refractivity contribution is 9.10. The van der Waals surface area contributed by atoms with Crippen molar-refractivity contribution in [1.29, 1.82) is 0 Å². The average molecular weight is 444 g/mol. The molecule has 2 aromatic heterocycles. The van der Waals surface area contributed by atoms with Gasteiger partial charge in [-0.1, -0.05) is 34.1 Å². The highest BCUT2D eigenvalue weighted by Gasteiger charge is 2.27. The first-order valence-electron chi connectivity index (χ1n) is 9.23. The average Bonchev–Trinajstić information content (AvgIpc) is 3.07. The Morgan fingerprint density at radius 3 is 3.07 bits per heavy atom. The molecule has 1 amide bonds. The monoisotopic (exact) mass is 443 g/mol. The van der Waals surface area contributed by atoms with Gasteiger partial charge in [0.05, 0.1) is 5.92 Å². The number of thiophene rings is 1. The lowest BCUT2D eigenvalue weighted by molar-refractivity contribution is -0.125. The van der Waals surface area contributed by atoms with Gasteiger partial charge in [-0.2, -0.15) is 0 Å². The zero-order chi connectivity index (χ0) is 18.8. The van der Waals surface area contributed by atoms with Crippen molar-refractivity contribution in [2.45, 2.75) is 26.3 Å². The number of benzene rings is 1. The maximum absolute atomic E-state index is 12.8. The number of nitrogens with zero attached hydrogens (tertiary/aromatic N) is 2. The Bertz CT molecular complexity index is 971. The van der Waals surface area contributed by atoms with E-state index >= 15 is 0 Å². The molecule has 0 aliphatic carbocycles. The summed E-state index contributed by atoms with van der Waals surface area (Å²) in [5, 5.41) is 4.31. The van der Waals surface area contributed by atoms with Crippen LogP contribution in [0.5, 0.6) is 0 Å². The molecule has 0 radical (unpaired) electrons. The molecule has 1 atom stereocenters. The van der Waals surface area contributed by atoms with Crippen molar-refractivity contribution in [3.8, 4) is 0 Å². The van der Waals surface area contributed by atoms with Gasteiger partial charge in [0, 0.05) is 45.3 Å². The molecule has 140 valence electrons. The second-order valence-electron chi connectivity index (χ2n) is 7.00. The molecule has 1 aromatic carbocycles. The van der Waals surface area contributed by atoms with Crippen molar-refractivity contribution in [2.24, 2.45) is 5.92 Å². The van der Waals surface area contributed by atoms with E-state index in [9.17, 15) is 4.79 Å². The molecule has 4 rings (SSSR count). The highest BCUT2D eigenvalue weighted by Crippen LogP contribution is 2.33. The zero-order valence-electron chi connectivity index (χ0n) is 15.2. The fourth-order valence-corrected chi connectivity index (χ4v) is 5.02. The molecule has 1 N–H and O–H groups in total. The fraction of sp³-hybridized carbons (Fsp3) is 0.333. The zero-order valence-corrected chi connectivity index (χ0v) is 17.6. The third kappa shape index (κ3) is 4.01. The van der Waals surface area contributed by atoms with Gasteiger partial charge in [0.15, 0.2) is 0 Å². The summed E-state index contributed by atoms with van der Waals surface area (Å²) in [6.07, 6.45) is 3.81. The number of nitrogens with one attached hydrogen (secondary N) is 1. The van der Waals surface area contributed by atoms with Crippen LogP contribution in [0.4, 0.5) is 5.82 Å². The van der Waals surface area contributed by atoms with Crippen molar-refractivity contribution < 1.29 is 4.79 Å². The second-order valence-corrected chi connectivity index (χ2v) is 9.14. The number of amides is 1. The highest BCUT2D eigenvalue weighted by atomic mass is 79.9. The first-order valence-corrected chi connectivity index (χ1v) is 10.8. The van der Waals surface area contributed by atoms with E-state index in [4.69, 9.17) is 0 Å². The summed E-state index contributed by atoms with van der Waals surface area (Å²) < 4.78 is 2.29. The van der Waals surface area contributed by atoms with Crippen LogP contribution in [-0.2, 0) is 11.3 Å². The van der Waals surface area contributed by atoms with E-state index in [-0.39, 0.29) is 11.8 Å². The number of aromatic nitrogens is 1. The minimum absolute atomic E-state index is 0.00183. The third-order valence-corrected chi connectivity index (χ3v) is 6.84. The van der Waals surface area contributed by atoms with Crippen molar-refractivity contribution in [1.82, 2.24) is 10.3 Å². The molecule has 6 heteroatoms. The predicted molar refractivity (Wildman–Crippen MR) is 115 cm³/mol. The van der Waals surface area contributed by atoms with Crippen molar-refractivity contribution in [3.63, 3.8) is 0 Å². The van der Waals surface area contributed by atoms with E-state index in [0.29, 0.717) is 6.54 Å². The van der Waals surface area contributed by atoms with Gasteiger partial charge < -0.3 is 10.2 Å². The number of pyridine rings is 1. The largest absolute Gasteiger partial charge is 0.355 e. The van der Waals surface area contributed by atoms with Crippen LogP contribution in [-0.4, -0.2) is 24.0 Å². The molecular weight excluding hydrogens is 422 g/mol. The molecule has 4 nitrogen and oxygen atoms in total. The van der Waals surface area contributed by atoms with Crippen molar-refractivity contribution >= 4 is 49.1 Å². The molecule has 1 saturated heterocycles. The van der Waals surface area contributed by atoms with Gasteiger partial charge in [-0.15, -0.1) is 11.3 Å². The smallest absolute Gasteiger partial charge is 0.225 e. The molecule has 27 heavy (non-hydrogen) atoms. The number of piperidine rings is 1. The van der Waals surface area contributed by atoms with E-state index in [0.717, 1.165) is 41.8 Å². The SMILES string of the molecule is Cc1cc2c(N3CCCC(C(=O)NCc4ccccc4Br)C3)nccc2s1. The van der Waals surface area contributed by atoms with Crippen LogP contribution in [0, 0.1) is 12.8 Å². The van der Waals surface area contributed by atoms with Gasteiger partial charge in [0.1, 0.15) is 5.82 Å². The number of hydrogen-bond donors (Lipinski definition) is 1. The lowest BCUT2D eigenvalue weighted by Crippen LogP contribution is -2.43. The lowest BCUT2D eigenvalue weighted by Gasteiger charge is -2.33.